The number of amides is 1. The molecule has 2 rings (SSSR count). The van der Waals surface area contributed by atoms with Crippen LogP contribution in [0.4, 0.5) is 0 Å². The lowest BCUT2D eigenvalue weighted by molar-refractivity contribution is -0.137. The number of nitrogens with two attached hydrogens (primary N) is 1. The van der Waals surface area contributed by atoms with Crippen LogP contribution in [0.3, 0.4) is 0 Å². The molecule has 4 heteroatoms. The van der Waals surface area contributed by atoms with Crippen LogP contribution < -0.4 is 5.73 Å². The van der Waals surface area contributed by atoms with Crippen LogP contribution in [0.1, 0.15) is 37.7 Å². The van der Waals surface area contributed by atoms with E-state index in [1.165, 1.54) is 6.42 Å². The summed E-state index contributed by atoms with van der Waals surface area (Å²) in [6.45, 7) is 0.575. The lowest BCUT2D eigenvalue weighted by atomic mass is 9.81. The van der Waals surface area contributed by atoms with E-state index in [1.54, 1.807) is 17.3 Å². The Kier molecular flexibility index (Phi) is 3.97. The number of rotatable bonds is 3. The molecule has 0 radical (unpaired) electrons. The summed E-state index contributed by atoms with van der Waals surface area (Å²) in [5.74, 6) is 0.0612. The lowest BCUT2D eigenvalue weighted by Gasteiger charge is -2.35. The van der Waals surface area contributed by atoms with E-state index in [1.807, 2.05) is 19.2 Å². The van der Waals surface area contributed by atoms with E-state index in [0.717, 1.165) is 31.2 Å². The number of nitrogens with zero attached hydrogens (tertiary/aromatic N) is 2. The molecule has 0 spiro atoms. The SMILES string of the molecule is CN(Cc1cccnc1)C(=O)C1(N)CCCCC1. The molecular formula is C14H21N3O. The fourth-order valence-electron chi connectivity index (χ4n) is 2.61. The first kappa shape index (κ1) is 13.0. The fraction of sp³-hybridized carbons (Fsp3) is 0.571. The van der Waals surface area contributed by atoms with E-state index in [9.17, 15) is 4.79 Å². The van der Waals surface area contributed by atoms with E-state index >= 15 is 0 Å². The minimum Gasteiger partial charge on any atom is -0.340 e. The van der Waals surface area contributed by atoms with Crippen molar-refractivity contribution in [1.29, 1.82) is 0 Å². The largest absolute Gasteiger partial charge is 0.340 e. The van der Waals surface area contributed by atoms with Gasteiger partial charge in [-0.1, -0.05) is 25.3 Å². The molecule has 0 bridgehead atoms. The number of hydrogen-bond donors (Lipinski definition) is 1. The number of hydrogen-bond acceptors (Lipinski definition) is 3. The Morgan fingerprint density at radius 2 is 2.17 bits per heavy atom. The van der Waals surface area contributed by atoms with Gasteiger partial charge in [-0.15, -0.1) is 0 Å². The number of carbonyl (C=O) groups excluding carboxylic acids is 1. The van der Waals surface area contributed by atoms with E-state index in [-0.39, 0.29) is 5.91 Å². The smallest absolute Gasteiger partial charge is 0.242 e. The molecule has 1 aromatic heterocycles. The van der Waals surface area contributed by atoms with Gasteiger partial charge in [0.15, 0.2) is 0 Å². The highest BCUT2D eigenvalue weighted by atomic mass is 16.2. The molecule has 0 unspecified atom stereocenters. The zero-order valence-electron chi connectivity index (χ0n) is 10.9. The number of aromatic nitrogens is 1. The molecular weight excluding hydrogens is 226 g/mol. The summed E-state index contributed by atoms with van der Waals surface area (Å²) < 4.78 is 0. The Labute approximate surface area is 108 Å². The van der Waals surface area contributed by atoms with Crippen LogP contribution in [-0.4, -0.2) is 28.4 Å². The molecule has 1 saturated carbocycles. The molecule has 0 aliphatic heterocycles. The van der Waals surface area contributed by atoms with Gasteiger partial charge >= 0.3 is 0 Å². The van der Waals surface area contributed by atoms with Crippen molar-refractivity contribution < 1.29 is 4.79 Å². The summed E-state index contributed by atoms with van der Waals surface area (Å²) in [5, 5.41) is 0. The average Bonchev–Trinajstić information content (AvgIpc) is 2.40. The molecule has 18 heavy (non-hydrogen) atoms. The molecule has 98 valence electrons. The zero-order valence-corrected chi connectivity index (χ0v) is 10.9. The van der Waals surface area contributed by atoms with Crippen molar-refractivity contribution in [2.24, 2.45) is 5.73 Å². The number of carbonyl (C=O) groups is 1. The van der Waals surface area contributed by atoms with Gasteiger partial charge in [-0.3, -0.25) is 9.78 Å². The van der Waals surface area contributed by atoms with Gasteiger partial charge in [0.2, 0.25) is 5.91 Å². The third kappa shape index (κ3) is 2.88. The van der Waals surface area contributed by atoms with Crippen LogP contribution in [0, 0.1) is 0 Å². The molecule has 0 atom stereocenters. The molecule has 2 N–H and O–H groups in total. The van der Waals surface area contributed by atoms with Crippen LogP contribution in [0.25, 0.3) is 0 Å². The first-order valence-electron chi connectivity index (χ1n) is 6.55. The second-order valence-corrected chi connectivity index (χ2v) is 5.24. The van der Waals surface area contributed by atoms with Crippen molar-refractivity contribution in [3.05, 3.63) is 30.1 Å². The van der Waals surface area contributed by atoms with Gasteiger partial charge in [-0.25, -0.2) is 0 Å². The topological polar surface area (TPSA) is 59.2 Å². The predicted octanol–water partition coefficient (Wildman–Crippen LogP) is 1.70. The Morgan fingerprint density at radius 3 is 2.78 bits per heavy atom. The van der Waals surface area contributed by atoms with Crippen LogP contribution in [0.5, 0.6) is 0 Å². The summed E-state index contributed by atoms with van der Waals surface area (Å²) in [6.07, 6.45) is 8.45. The zero-order chi connectivity index (χ0) is 13.0. The summed E-state index contributed by atoms with van der Waals surface area (Å²) in [4.78, 5) is 18.2. The third-order valence-electron chi connectivity index (χ3n) is 3.66. The Morgan fingerprint density at radius 1 is 1.44 bits per heavy atom. The highest BCUT2D eigenvalue weighted by Crippen LogP contribution is 2.27. The van der Waals surface area contributed by atoms with Crippen LogP contribution in [0.2, 0.25) is 0 Å². The maximum Gasteiger partial charge on any atom is 0.242 e. The maximum atomic E-state index is 12.4. The molecule has 1 amide bonds. The van der Waals surface area contributed by atoms with E-state index in [2.05, 4.69) is 4.98 Å². The minimum absolute atomic E-state index is 0.0612. The first-order chi connectivity index (χ1) is 8.62. The maximum absolute atomic E-state index is 12.4. The summed E-state index contributed by atoms with van der Waals surface area (Å²) in [7, 11) is 1.82. The van der Waals surface area contributed by atoms with E-state index in [0.29, 0.717) is 6.54 Å². The number of likely N-dealkylation sites (N-methyl/N-ethyl adjacent to an activating group) is 1. The standard InChI is InChI=1S/C14H21N3O/c1-17(11-12-6-5-9-16-10-12)13(18)14(15)7-3-2-4-8-14/h5-6,9-10H,2-4,7-8,11,15H2,1H3. The average molecular weight is 247 g/mol. The van der Waals surface area contributed by atoms with Gasteiger partial charge in [0.25, 0.3) is 0 Å². The molecule has 1 heterocycles. The minimum atomic E-state index is -0.644. The van der Waals surface area contributed by atoms with Gasteiger partial charge in [-0.2, -0.15) is 0 Å². The second kappa shape index (κ2) is 5.48. The van der Waals surface area contributed by atoms with Gasteiger partial charge < -0.3 is 10.6 Å². The van der Waals surface area contributed by atoms with Crippen LogP contribution in [0.15, 0.2) is 24.5 Å². The van der Waals surface area contributed by atoms with Crippen LogP contribution >= 0.6 is 0 Å². The van der Waals surface area contributed by atoms with E-state index < -0.39 is 5.54 Å². The van der Waals surface area contributed by atoms with Crippen molar-refractivity contribution in [2.75, 3.05) is 7.05 Å². The molecule has 1 fully saturated rings. The van der Waals surface area contributed by atoms with Crippen LogP contribution in [-0.2, 0) is 11.3 Å². The quantitative estimate of drug-likeness (QED) is 0.884. The molecule has 0 aromatic carbocycles. The molecule has 1 aliphatic carbocycles. The van der Waals surface area contributed by atoms with Crippen molar-refractivity contribution in [3.8, 4) is 0 Å². The highest BCUT2D eigenvalue weighted by molar-refractivity contribution is 5.86. The summed E-state index contributed by atoms with van der Waals surface area (Å²) >= 11 is 0. The summed E-state index contributed by atoms with van der Waals surface area (Å²) in [6, 6.07) is 3.85. The first-order valence-corrected chi connectivity index (χ1v) is 6.55. The Balaban J connectivity index is 2.00. The lowest BCUT2D eigenvalue weighted by Crippen LogP contribution is -2.55. The Bertz CT molecular complexity index is 399. The van der Waals surface area contributed by atoms with Crippen molar-refractivity contribution in [1.82, 2.24) is 9.88 Å². The van der Waals surface area contributed by atoms with Gasteiger partial charge in [0, 0.05) is 26.0 Å². The van der Waals surface area contributed by atoms with Gasteiger partial charge in [0.1, 0.15) is 0 Å². The monoisotopic (exact) mass is 247 g/mol. The molecule has 4 nitrogen and oxygen atoms in total. The van der Waals surface area contributed by atoms with Gasteiger partial charge in [0.05, 0.1) is 5.54 Å². The van der Waals surface area contributed by atoms with Crippen molar-refractivity contribution >= 4 is 5.91 Å². The number of pyridine rings is 1. The molecule has 1 aliphatic rings. The second-order valence-electron chi connectivity index (χ2n) is 5.24. The fourth-order valence-corrected chi connectivity index (χ4v) is 2.61. The van der Waals surface area contributed by atoms with Crippen molar-refractivity contribution in [3.63, 3.8) is 0 Å². The predicted molar refractivity (Wildman–Crippen MR) is 70.7 cm³/mol. The summed E-state index contributed by atoms with van der Waals surface area (Å²) in [5.41, 5.74) is 6.64. The molecule has 0 saturated heterocycles. The highest BCUT2D eigenvalue weighted by Gasteiger charge is 2.37. The van der Waals surface area contributed by atoms with Crippen molar-refractivity contribution in [2.45, 2.75) is 44.2 Å². The molecule has 1 aromatic rings. The third-order valence-corrected chi connectivity index (χ3v) is 3.66. The van der Waals surface area contributed by atoms with Gasteiger partial charge in [-0.05, 0) is 24.5 Å². The Hall–Kier alpha value is -1.42. The normalized spacial score (nSPS) is 18.3. The van der Waals surface area contributed by atoms with E-state index in [4.69, 9.17) is 5.73 Å².